The lowest BCUT2D eigenvalue weighted by Gasteiger charge is -2.15. The molecule has 0 spiro atoms. The SMILES string of the molecule is O=C([O-])c1nn(-c2ccc(OC(F)(F)F)cc2)c2c1CCc1[nH]ncc1-2. The molecule has 0 radical (unpaired) electrons. The average Bonchev–Trinajstić information content (AvgIpc) is 3.17. The van der Waals surface area contributed by atoms with Crippen molar-refractivity contribution in [3.63, 3.8) is 0 Å². The van der Waals surface area contributed by atoms with Crippen molar-refractivity contribution in [2.75, 3.05) is 0 Å². The molecule has 0 saturated heterocycles. The van der Waals surface area contributed by atoms with E-state index in [9.17, 15) is 23.1 Å². The topological polar surface area (TPSA) is 95.9 Å². The number of nitrogens with zero attached hydrogens (tertiary/aromatic N) is 3. The third-order valence-corrected chi connectivity index (χ3v) is 4.09. The van der Waals surface area contributed by atoms with Crippen LogP contribution in [0.15, 0.2) is 30.5 Å². The van der Waals surface area contributed by atoms with E-state index >= 15 is 0 Å². The Kier molecular flexibility index (Phi) is 3.49. The second-order valence-corrected chi connectivity index (χ2v) is 5.68. The van der Waals surface area contributed by atoms with Crippen LogP contribution in [-0.2, 0) is 12.8 Å². The molecule has 0 aliphatic heterocycles. The van der Waals surface area contributed by atoms with Gasteiger partial charge in [-0.15, -0.1) is 13.2 Å². The standard InChI is InChI=1S/C16H11F3N4O3/c17-16(18,19)26-9-3-1-8(2-4-9)23-14-10(13(22-23)15(24)25)5-6-12-11(14)7-20-21-12/h1-4,7H,5-6H2,(H,20,21)(H,24,25)/p-1. The van der Waals surface area contributed by atoms with Crippen molar-refractivity contribution < 1.29 is 27.8 Å². The van der Waals surface area contributed by atoms with E-state index < -0.39 is 12.3 Å². The molecule has 0 saturated carbocycles. The summed E-state index contributed by atoms with van der Waals surface area (Å²) < 4.78 is 42.1. The van der Waals surface area contributed by atoms with Crippen molar-refractivity contribution in [3.05, 3.63) is 47.4 Å². The van der Waals surface area contributed by atoms with Gasteiger partial charge in [0.2, 0.25) is 0 Å². The lowest BCUT2D eigenvalue weighted by atomic mass is 9.94. The first kappa shape index (κ1) is 16.2. The summed E-state index contributed by atoms with van der Waals surface area (Å²) in [5, 5.41) is 22.3. The van der Waals surface area contributed by atoms with Gasteiger partial charge in [-0.1, -0.05) is 0 Å². The first-order valence-corrected chi connectivity index (χ1v) is 7.55. The number of hydrogen-bond acceptors (Lipinski definition) is 5. The largest absolute Gasteiger partial charge is 0.573 e. The molecule has 134 valence electrons. The Hall–Kier alpha value is -3.30. The number of H-pyrrole nitrogens is 1. The normalized spacial score (nSPS) is 13.2. The highest BCUT2D eigenvalue weighted by molar-refractivity contribution is 5.89. The van der Waals surface area contributed by atoms with Crippen LogP contribution in [0.2, 0.25) is 0 Å². The number of nitrogens with one attached hydrogen (secondary N) is 1. The summed E-state index contributed by atoms with van der Waals surface area (Å²) in [7, 11) is 0. The summed E-state index contributed by atoms with van der Waals surface area (Å²) in [4.78, 5) is 11.4. The number of carbonyl (C=O) groups is 1. The van der Waals surface area contributed by atoms with Gasteiger partial charge in [-0.05, 0) is 37.1 Å². The highest BCUT2D eigenvalue weighted by atomic mass is 19.4. The summed E-state index contributed by atoms with van der Waals surface area (Å²) in [6, 6.07) is 4.99. The molecule has 2 heterocycles. The number of alkyl halides is 3. The second kappa shape index (κ2) is 5.61. The van der Waals surface area contributed by atoms with E-state index in [-0.39, 0.29) is 11.4 Å². The number of ether oxygens (including phenoxy) is 1. The first-order chi connectivity index (χ1) is 12.3. The molecule has 4 rings (SSSR count). The number of fused-ring (bicyclic) bond motifs is 3. The van der Waals surface area contributed by atoms with Gasteiger partial charge in [0.25, 0.3) is 0 Å². The predicted octanol–water partition coefficient (Wildman–Crippen LogP) is 1.62. The van der Waals surface area contributed by atoms with Gasteiger partial charge < -0.3 is 14.6 Å². The van der Waals surface area contributed by atoms with Crippen LogP contribution in [0.3, 0.4) is 0 Å². The van der Waals surface area contributed by atoms with Crippen molar-refractivity contribution >= 4 is 5.97 Å². The second-order valence-electron chi connectivity index (χ2n) is 5.68. The molecular weight excluding hydrogens is 353 g/mol. The van der Waals surface area contributed by atoms with Crippen molar-refractivity contribution in [3.8, 4) is 22.7 Å². The van der Waals surface area contributed by atoms with Crippen molar-refractivity contribution in [1.82, 2.24) is 20.0 Å². The summed E-state index contributed by atoms with van der Waals surface area (Å²) in [5.41, 5.74) is 2.76. The van der Waals surface area contributed by atoms with Gasteiger partial charge in [0.15, 0.2) is 0 Å². The van der Waals surface area contributed by atoms with Crippen LogP contribution < -0.4 is 9.84 Å². The molecule has 3 aromatic rings. The molecule has 2 aromatic heterocycles. The number of carboxylic acids is 1. The number of aromatic amines is 1. The Labute approximate surface area is 144 Å². The lowest BCUT2D eigenvalue weighted by molar-refractivity contribution is -0.274. The average molecular weight is 363 g/mol. The van der Waals surface area contributed by atoms with Crippen LogP contribution in [0.1, 0.15) is 21.7 Å². The van der Waals surface area contributed by atoms with E-state index in [2.05, 4.69) is 20.0 Å². The van der Waals surface area contributed by atoms with Crippen LogP contribution in [0.25, 0.3) is 16.9 Å². The number of aryl methyl sites for hydroxylation is 1. The lowest BCUT2D eigenvalue weighted by Crippen LogP contribution is -2.24. The van der Waals surface area contributed by atoms with Crippen LogP contribution >= 0.6 is 0 Å². The third-order valence-electron chi connectivity index (χ3n) is 4.09. The fourth-order valence-corrected chi connectivity index (χ4v) is 3.06. The molecule has 1 aliphatic rings. The van der Waals surface area contributed by atoms with Gasteiger partial charge in [0.1, 0.15) is 11.4 Å². The number of benzene rings is 1. The molecule has 0 unspecified atom stereocenters. The number of carbonyl (C=O) groups excluding carboxylic acids is 1. The fourth-order valence-electron chi connectivity index (χ4n) is 3.06. The van der Waals surface area contributed by atoms with Crippen LogP contribution in [0.4, 0.5) is 13.2 Å². The summed E-state index contributed by atoms with van der Waals surface area (Å²) in [5.74, 6) is -1.80. The minimum Gasteiger partial charge on any atom is -0.543 e. The van der Waals surface area contributed by atoms with Crippen LogP contribution in [-0.4, -0.2) is 32.3 Å². The Bertz CT molecular complexity index is 989. The summed E-state index contributed by atoms with van der Waals surface area (Å²) in [6.07, 6.45) is -2.22. The number of aromatic carboxylic acids is 1. The smallest absolute Gasteiger partial charge is 0.543 e. The van der Waals surface area contributed by atoms with Gasteiger partial charge in [-0.2, -0.15) is 10.2 Å². The van der Waals surface area contributed by atoms with E-state index in [1.807, 2.05) is 0 Å². The van der Waals surface area contributed by atoms with Crippen LogP contribution in [0.5, 0.6) is 5.75 Å². The maximum Gasteiger partial charge on any atom is 0.573 e. The minimum absolute atomic E-state index is 0.192. The zero-order valence-electron chi connectivity index (χ0n) is 13.0. The highest BCUT2D eigenvalue weighted by Gasteiger charge is 2.31. The monoisotopic (exact) mass is 363 g/mol. The molecular formula is C16H10F3N4O3-. The number of halogens is 3. The molecule has 0 amide bonds. The van der Waals surface area contributed by atoms with E-state index in [0.717, 1.165) is 17.8 Å². The van der Waals surface area contributed by atoms with Gasteiger partial charge in [0.05, 0.1) is 23.5 Å². The molecule has 0 bridgehead atoms. The molecule has 1 aromatic carbocycles. The van der Waals surface area contributed by atoms with Crippen molar-refractivity contribution in [2.45, 2.75) is 19.2 Å². The maximum atomic E-state index is 12.3. The van der Waals surface area contributed by atoms with Crippen LogP contribution in [0, 0.1) is 0 Å². The number of aromatic nitrogens is 4. The molecule has 26 heavy (non-hydrogen) atoms. The summed E-state index contributed by atoms with van der Waals surface area (Å²) >= 11 is 0. The third kappa shape index (κ3) is 2.68. The van der Waals surface area contributed by atoms with E-state index in [4.69, 9.17) is 0 Å². The molecule has 1 aliphatic carbocycles. The quantitative estimate of drug-likeness (QED) is 0.763. The molecule has 1 N–H and O–H groups in total. The van der Waals surface area contributed by atoms with Crippen molar-refractivity contribution in [2.24, 2.45) is 0 Å². The molecule has 10 heteroatoms. The summed E-state index contributed by atoms with van der Waals surface area (Å²) in [6.45, 7) is 0. The van der Waals surface area contributed by atoms with E-state index in [1.54, 1.807) is 6.20 Å². The minimum atomic E-state index is -4.79. The van der Waals surface area contributed by atoms with Gasteiger partial charge >= 0.3 is 6.36 Å². The Morgan fingerprint density at radius 3 is 2.62 bits per heavy atom. The zero-order chi connectivity index (χ0) is 18.5. The van der Waals surface area contributed by atoms with E-state index in [0.29, 0.717) is 35.3 Å². The molecule has 0 atom stereocenters. The van der Waals surface area contributed by atoms with Gasteiger partial charge in [-0.25, -0.2) is 4.68 Å². The van der Waals surface area contributed by atoms with Crippen molar-refractivity contribution in [1.29, 1.82) is 0 Å². The Morgan fingerprint density at radius 1 is 1.23 bits per heavy atom. The van der Waals surface area contributed by atoms with Gasteiger partial charge in [-0.3, -0.25) is 5.10 Å². The molecule has 7 nitrogen and oxygen atoms in total. The zero-order valence-corrected chi connectivity index (χ0v) is 13.0. The number of hydrogen-bond donors (Lipinski definition) is 1. The van der Waals surface area contributed by atoms with E-state index in [1.165, 1.54) is 16.8 Å². The first-order valence-electron chi connectivity index (χ1n) is 7.55. The maximum absolute atomic E-state index is 12.3. The number of rotatable bonds is 3. The molecule has 0 fully saturated rings. The Balaban J connectivity index is 1.82. The highest BCUT2D eigenvalue weighted by Crippen LogP contribution is 2.36. The van der Waals surface area contributed by atoms with Gasteiger partial charge in [0, 0.05) is 16.8 Å². The fraction of sp³-hybridized carbons (Fsp3) is 0.188. The Morgan fingerprint density at radius 2 is 1.96 bits per heavy atom. The number of carboxylic acid groups (broad SMARTS) is 1. The predicted molar refractivity (Wildman–Crippen MR) is 79.6 cm³/mol.